The van der Waals surface area contributed by atoms with Crippen molar-refractivity contribution in [3.05, 3.63) is 29.6 Å². The molecular weight excluding hydrogens is 181 g/mol. The molecule has 0 atom stereocenters. The number of nitrogens with zero attached hydrogens (tertiary/aromatic N) is 1. The third-order valence-electron chi connectivity index (χ3n) is 2.45. The van der Waals surface area contributed by atoms with Crippen molar-refractivity contribution in [1.29, 1.82) is 0 Å². The second kappa shape index (κ2) is 3.96. The van der Waals surface area contributed by atoms with Crippen LogP contribution in [0.5, 0.6) is 0 Å². The molecule has 0 radical (unpaired) electrons. The van der Waals surface area contributed by atoms with E-state index in [-0.39, 0.29) is 5.82 Å². The lowest BCUT2D eigenvalue weighted by molar-refractivity contribution is 0.122. The molecular formula is C11H14FNO. The smallest absolute Gasteiger partial charge is 0.146 e. The van der Waals surface area contributed by atoms with E-state index >= 15 is 0 Å². The Hall–Kier alpha value is -1.09. The maximum absolute atomic E-state index is 13.6. The average Bonchev–Trinajstić information content (AvgIpc) is 2.19. The van der Waals surface area contributed by atoms with Crippen LogP contribution >= 0.6 is 0 Å². The van der Waals surface area contributed by atoms with Gasteiger partial charge < -0.3 is 9.64 Å². The highest BCUT2D eigenvalue weighted by atomic mass is 19.1. The minimum atomic E-state index is -0.132. The van der Waals surface area contributed by atoms with E-state index in [9.17, 15) is 4.39 Å². The zero-order chi connectivity index (χ0) is 9.97. The molecule has 0 aromatic heterocycles. The van der Waals surface area contributed by atoms with Gasteiger partial charge in [0, 0.05) is 13.1 Å². The average molecular weight is 195 g/mol. The van der Waals surface area contributed by atoms with E-state index in [0.717, 1.165) is 18.7 Å². The quantitative estimate of drug-likeness (QED) is 0.679. The van der Waals surface area contributed by atoms with Gasteiger partial charge in [0.15, 0.2) is 0 Å². The summed E-state index contributed by atoms with van der Waals surface area (Å²) in [5, 5.41) is 0. The van der Waals surface area contributed by atoms with Gasteiger partial charge in [-0.1, -0.05) is 6.07 Å². The van der Waals surface area contributed by atoms with Crippen molar-refractivity contribution >= 4 is 5.69 Å². The van der Waals surface area contributed by atoms with Gasteiger partial charge in [-0.3, -0.25) is 0 Å². The fourth-order valence-corrected chi connectivity index (χ4v) is 1.67. The number of hydrogen-bond donors (Lipinski definition) is 0. The molecule has 2 rings (SSSR count). The van der Waals surface area contributed by atoms with Gasteiger partial charge >= 0.3 is 0 Å². The lowest BCUT2D eigenvalue weighted by atomic mass is 10.2. The van der Waals surface area contributed by atoms with E-state index in [1.807, 2.05) is 24.0 Å². The largest absolute Gasteiger partial charge is 0.378 e. The minimum Gasteiger partial charge on any atom is -0.378 e. The summed E-state index contributed by atoms with van der Waals surface area (Å²) in [6.45, 7) is 4.83. The van der Waals surface area contributed by atoms with E-state index in [0.29, 0.717) is 18.9 Å². The third kappa shape index (κ3) is 1.87. The molecule has 0 aliphatic carbocycles. The Morgan fingerprint density at radius 1 is 1.29 bits per heavy atom. The zero-order valence-electron chi connectivity index (χ0n) is 8.29. The molecule has 14 heavy (non-hydrogen) atoms. The molecule has 0 amide bonds. The molecule has 1 fully saturated rings. The molecule has 0 bridgehead atoms. The van der Waals surface area contributed by atoms with Gasteiger partial charge in [0.25, 0.3) is 0 Å². The summed E-state index contributed by atoms with van der Waals surface area (Å²) in [5.41, 5.74) is 1.65. The maximum atomic E-state index is 13.6. The molecule has 1 heterocycles. The van der Waals surface area contributed by atoms with Crippen LogP contribution in [0.15, 0.2) is 18.2 Å². The highest BCUT2D eigenvalue weighted by Crippen LogP contribution is 2.20. The van der Waals surface area contributed by atoms with Crippen LogP contribution in [-0.4, -0.2) is 26.3 Å². The molecule has 0 saturated carbocycles. The number of morpholine rings is 1. The van der Waals surface area contributed by atoms with Gasteiger partial charge in [0.05, 0.1) is 18.9 Å². The van der Waals surface area contributed by atoms with Gasteiger partial charge in [-0.2, -0.15) is 0 Å². The van der Waals surface area contributed by atoms with Crippen molar-refractivity contribution < 1.29 is 9.13 Å². The monoisotopic (exact) mass is 195 g/mol. The summed E-state index contributed by atoms with van der Waals surface area (Å²) in [6.07, 6.45) is 0. The molecule has 1 aromatic carbocycles. The molecule has 0 unspecified atom stereocenters. The van der Waals surface area contributed by atoms with E-state index < -0.39 is 0 Å². The normalized spacial score (nSPS) is 17.1. The fraction of sp³-hybridized carbons (Fsp3) is 0.455. The molecule has 1 aliphatic heterocycles. The molecule has 0 spiro atoms. The molecule has 3 heteroatoms. The molecule has 76 valence electrons. The van der Waals surface area contributed by atoms with Crippen LogP contribution in [0.3, 0.4) is 0 Å². The van der Waals surface area contributed by atoms with Gasteiger partial charge in [0.1, 0.15) is 5.82 Å². The van der Waals surface area contributed by atoms with Crippen molar-refractivity contribution in [2.24, 2.45) is 0 Å². The highest BCUT2D eigenvalue weighted by molar-refractivity contribution is 5.49. The first-order chi connectivity index (χ1) is 6.77. The number of aryl methyl sites for hydroxylation is 1. The summed E-state index contributed by atoms with van der Waals surface area (Å²) in [6, 6.07) is 5.36. The predicted molar refractivity (Wildman–Crippen MR) is 54.2 cm³/mol. The van der Waals surface area contributed by atoms with Crippen LogP contribution in [0.25, 0.3) is 0 Å². The Bertz CT molecular complexity index is 321. The van der Waals surface area contributed by atoms with E-state index in [1.165, 1.54) is 0 Å². The lowest BCUT2D eigenvalue weighted by Crippen LogP contribution is -2.36. The maximum Gasteiger partial charge on any atom is 0.146 e. The van der Waals surface area contributed by atoms with Crippen LogP contribution < -0.4 is 4.90 Å². The number of benzene rings is 1. The van der Waals surface area contributed by atoms with Gasteiger partial charge in [-0.15, -0.1) is 0 Å². The number of anilines is 1. The number of halogens is 1. The standard InChI is InChI=1S/C11H14FNO/c1-9-2-3-11(10(12)8-9)13-4-6-14-7-5-13/h2-3,8H,4-7H2,1H3. The van der Waals surface area contributed by atoms with E-state index in [4.69, 9.17) is 4.74 Å². The fourth-order valence-electron chi connectivity index (χ4n) is 1.67. The van der Waals surface area contributed by atoms with Crippen molar-refractivity contribution in [2.45, 2.75) is 6.92 Å². The predicted octanol–water partition coefficient (Wildman–Crippen LogP) is 1.97. The summed E-state index contributed by atoms with van der Waals surface area (Å²) < 4.78 is 18.8. The second-order valence-electron chi connectivity index (χ2n) is 3.55. The van der Waals surface area contributed by atoms with Crippen LogP contribution in [-0.2, 0) is 4.74 Å². The highest BCUT2D eigenvalue weighted by Gasteiger charge is 2.14. The van der Waals surface area contributed by atoms with Crippen molar-refractivity contribution in [3.63, 3.8) is 0 Å². The summed E-state index contributed by atoms with van der Waals surface area (Å²) in [7, 11) is 0. The van der Waals surface area contributed by atoms with Crippen molar-refractivity contribution in [3.8, 4) is 0 Å². The lowest BCUT2D eigenvalue weighted by Gasteiger charge is -2.29. The minimum absolute atomic E-state index is 0.132. The first kappa shape index (κ1) is 9.46. The van der Waals surface area contributed by atoms with Gasteiger partial charge in [-0.25, -0.2) is 4.39 Å². The Kier molecular flexibility index (Phi) is 2.68. The Morgan fingerprint density at radius 3 is 2.64 bits per heavy atom. The summed E-state index contributed by atoms with van der Waals surface area (Å²) in [4.78, 5) is 2.03. The topological polar surface area (TPSA) is 12.5 Å². The molecule has 1 saturated heterocycles. The first-order valence-corrected chi connectivity index (χ1v) is 4.86. The van der Waals surface area contributed by atoms with Gasteiger partial charge in [0.2, 0.25) is 0 Å². The Morgan fingerprint density at radius 2 is 2.00 bits per heavy atom. The third-order valence-corrected chi connectivity index (χ3v) is 2.45. The van der Waals surface area contributed by atoms with Crippen molar-refractivity contribution in [1.82, 2.24) is 0 Å². The zero-order valence-corrected chi connectivity index (χ0v) is 8.29. The van der Waals surface area contributed by atoms with Crippen molar-refractivity contribution in [2.75, 3.05) is 31.2 Å². The molecule has 0 N–H and O–H groups in total. The van der Waals surface area contributed by atoms with Crippen LogP contribution in [0.2, 0.25) is 0 Å². The van der Waals surface area contributed by atoms with Crippen LogP contribution in [0.1, 0.15) is 5.56 Å². The van der Waals surface area contributed by atoms with Crippen LogP contribution in [0.4, 0.5) is 10.1 Å². The van der Waals surface area contributed by atoms with E-state index in [1.54, 1.807) is 6.07 Å². The molecule has 2 nitrogen and oxygen atoms in total. The first-order valence-electron chi connectivity index (χ1n) is 4.86. The Labute approximate surface area is 83.3 Å². The second-order valence-corrected chi connectivity index (χ2v) is 3.55. The Balaban J connectivity index is 2.22. The number of hydrogen-bond acceptors (Lipinski definition) is 2. The summed E-state index contributed by atoms with van der Waals surface area (Å²) in [5.74, 6) is -0.132. The number of rotatable bonds is 1. The molecule has 1 aliphatic rings. The SMILES string of the molecule is Cc1ccc(N2CCOCC2)c(F)c1. The summed E-state index contributed by atoms with van der Waals surface area (Å²) >= 11 is 0. The van der Waals surface area contributed by atoms with Gasteiger partial charge in [-0.05, 0) is 24.6 Å². The molecule has 1 aromatic rings. The van der Waals surface area contributed by atoms with Crippen LogP contribution in [0, 0.1) is 12.7 Å². The number of ether oxygens (including phenoxy) is 1. The van der Waals surface area contributed by atoms with E-state index in [2.05, 4.69) is 0 Å².